The molecule has 0 aliphatic rings. The molecule has 0 aromatic heterocycles. The van der Waals surface area contributed by atoms with Gasteiger partial charge in [0.05, 0.1) is 25.6 Å². The standard InChI is InChI=1S/C12H17N3O3/c1-14(2)8-4-7-13-12(16)10-5-3-6-11(9-10)15(17)18/h3,5-6,9H,4,7-8H2,1-2H3,(H,13,16)/p+1. The highest BCUT2D eigenvalue weighted by Crippen LogP contribution is 2.12. The maximum Gasteiger partial charge on any atom is 0.270 e. The van der Waals surface area contributed by atoms with Crippen LogP contribution in [0.25, 0.3) is 0 Å². The molecule has 1 rings (SSSR count). The summed E-state index contributed by atoms with van der Waals surface area (Å²) in [5.41, 5.74) is 0.252. The van der Waals surface area contributed by atoms with Crippen LogP contribution in [0.15, 0.2) is 24.3 Å². The van der Waals surface area contributed by atoms with E-state index in [9.17, 15) is 14.9 Å². The summed E-state index contributed by atoms with van der Waals surface area (Å²) in [5.74, 6) is -0.271. The quantitative estimate of drug-likeness (QED) is 0.420. The van der Waals surface area contributed by atoms with Gasteiger partial charge in [0.25, 0.3) is 11.6 Å². The summed E-state index contributed by atoms with van der Waals surface area (Å²) >= 11 is 0. The Morgan fingerprint density at radius 2 is 2.17 bits per heavy atom. The minimum atomic E-state index is -0.508. The van der Waals surface area contributed by atoms with Crippen LogP contribution in [0.4, 0.5) is 5.69 Å². The summed E-state index contributed by atoms with van der Waals surface area (Å²) in [6, 6.07) is 5.73. The Balaban J connectivity index is 2.51. The van der Waals surface area contributed by atoms with Gasteiger partial charge in [0.2, 0.25) is 0 Å². The first-order chi connectivity index (χ1) is 8.50. The maximum atomic E-state index is 11.7. The van der Waals surface area contributed by atoms with E-state index in [-0.39, 0.29) is 11.6 Å². The topological polar surface area (TPSA) is 76.7 Å². The van der Waals surface area contributed by atoms with Gasteiger partial charge in [0, 0.05) is 30.7 Å². The van der Waals surface area contributed by atoms with Crippen molar-refractivity contribution in [2.75, 3.05) is 27.2 Å². The van der Waals surface area contributed by atoms with Crippen LogP contribution in [0.3, 0.4) is 0 Å². The van der Waals surface area contributed by atoms with Crippen LogP contribution in [-0.2, 0) is 0 Å². The minimum Gasteiger partial charge on any atom is -0.352 e. The molecular weight excluding hydrogens is 234 g/mol. The molecule has 0 saturated heterocycles. The van der Waals surface area contributed by atoms with Gasteiger partial charge in [-0.1, -0.05) is 6.07 Å². The zero-order valence-electron chi connectivity index (χ0n) is 10.6. The monoisotopic (exact) mass is 252 g/mol. The number of quaternary nitrogens is 1. The Morgan fingerprint density at radius 1 is 1.44 bits per heavy atom. The Labute approximate surface area is 106 Å². The molecule has 2 N–H and O–H groups in total. The maximum absolute atomic E-state index is 11.7. The highest BCUT2D eigenvalue weighted by molar-refractivity contribution is 5.94. The van der Waals surface area contributed by atoms with E-state index in [1.807, 2.05) is 14.1 Å². The number of carbonyl (C=O) groups is 1. The van der Waals surface area contributed by atoms with E-state index in [1.165, 1.54) is 23.1 Å². The summed E-state index contributed by atoms with van der Waals surface area (Å²) in [7, 11) is 4.09. The molecule has 1 aromatic carbocycles. The van der Waals surface area contributed by atoms with Gasteiger partial charge in [-0.05, 0) is 6.07 Å². The van der Waals surface area contributed by atoms with Gasteiger partial charge >= 0.3 is 0 Å². The predicted octanol–water partition coefficient (Wildman–Crippen LogP) is -0.141. The predicted molar refractivity (Wildman–Crippen MR) is 67.7 cm³/mol. The van der Waals surface area contributed by atoms with Crippen molar-refractivity contribution in [1.29, 1.82) is 0 Å². The molecule has 0 radical (unpaired) electrons. The largest absolute Gasteiger partial charge is 0.352 e. The summed E-state index contributed by atoms with van der Waals surface area (Å²) in [5, 5.41) is 13.3. The smallest absolute Gasteiger partial charge is 0.270 e. The first-order valence-corrected chi connectivity index (χ1v) is 5.82. The lowest BCUT2D eigenvalue weighted by Crippen LogP contribution is -3.05. The molecule has 0 atom stereocenters. The van der Waals surface area contributed by atoms with Crippen molar-refractivity contribution < 1.29 is 14.6 Å². The molecule has 6 nitrogen and oxygen atoms in total. The normalized spacial score (nSPS) is 10.4. The van der Waals surface area contributed by atoms with Crippen molar-refractivity contribution in [3.63, 3.8) is 0 Å². The molecular formula is C12H18N3O3+. The van der Waals surface area contributed by atoms with Crippen molar-refractivity contribution in [1.82, 2.24) is 5.32 Å². The lowest BCUT2D eigenvalue weighted by molar-refractivity contribution is -0.858. The van der Waals surface area contributed by atoms with Crippen molar-refractivity contribution in [3.05, 3.63) is 39.9 Å². The molecule has 0 heterocycles. The number of nitro groups is 1. The zero-order valence-corrected chi connectivity index (χ0v) is 10.6. The second-order valence-corrected chi connectivity index (χ2v) is 4.37. The number of benzene rings is 1. The fraction of sp³-hybridized carbons (Fsp3) is 0.417. The van der Waals surface area contributed by atoms with E-state index in [4.69, 9.17) is 0 Å². The number of carbonyl (C=O) groups excluding carboxylic acids is 1. The molecule has 18 heavy (non-hydrogen) atoms. The van der Waals surface area contributed by atoms with Gasteiger partial charge in [0.1, 0.15) is 0 Å². The Kier molecular flexibility index (Phi) is 5.26. The van der Waals surface area contributed by atoms with Crippen LogP contribution < -0.4 is 10.2 Å². The Hall–Kier alpha value is -1.95. The number of hydrogen-bond acceptors (Lipinski definition) is 3. The summed E-state index contributed by atoms with van der Waals surface area (Å²) in [4.78, 5) is 23.1. The van der Waals surface area contributed by atoms with Gasteiger partial charge < -0.3 is 10.2 Å². The number of amides is 1. The molecule has 1 aromatic rings. The molecule has 6 heteroatoms. The molecule has 0 fully saturated rings. The van der Waals surface area contributed by atoms with Crippen LogP contribution >= 0.6 is 0 Å². The van der Waals surface area contributed by atoms with Gasteiger partial charge in [-0.15, -0.1) is 0 Å². The van der Waals surface area contributed by atoms with Crippen LogP contribution in [0.5, 0.6) is 0 Å². The van der Waals surface area contributed by atoms with Gasteiger partial charge in [0.15, 0.2) is 0 Å². The molecule has 0 spiro atoms. The highest BCUT2D eigenvalue weighted by atomic mass is 16.6. The van der Waals surface area contributed by atoms with E-state index < -0.39 is 4.92 Å². The number of nitro benzene ring substituents is 1. The van der Waals surface area contributed by atoms with Gasteiger partial charge in [-0.25, -0.2) is 0 Å². The van der Waals surface area contributed by atoms with Crippen LogP contribution in [0, 0.1) is 10.1 Å². The molecule has 1 amide bonds. The highest BCUT2D eigenvalue weighted by Gasteiger charge is 2.10. The zero-order chi connectivity index (χ0) is 13.5. The first-order valence-electron chi connectivity index (χ1n) is 5.82. The third-order valence-electron chi connectivity index (χ3n) is 2.46. The SMILES string of the molecule is C[NH+](C)CCCNC(=O)c1cccc([N+](=O)[O-])c1. The lowest BCUT2D eigenvalue weighted by Gasteiger charge is -2.08. The molecule has 0 bridgehead atoms. The van der Waals surface area contributed by atoms with Crippen LogP contribution in [0.2, 0.25) is 0 Å². The third kappa shape index (κ3) is 4.50. The number of hydrogen-bond donors (Lipinski definition) is 2. The summed E-state index contributed by atoms with van der Waals surface area (Å²) < 4.78 is 0. The lowest BCUT2D eigenvalue weighted by atomic mass is 10.2. The van der Waals surface area contributed by atoms with E-state index in [2.05, 4.69) is 5.32 Å². The summed E-state index contributed by atoms with van der Waals surface area (Å²) in [6.07, 6.45) is 0.878. The van der Waals surface area contributed by atoms with Gasteiger partial charge in [-0.2, -0.15) is 0 Å². The molecule has 98 valence electrons. The van der Waals surface area contributed by atoms with E-state index >= 15 is 0 Å². The average Bonchev–Trinajstić information content (AvgIpc) is 2.34. The number of rotatable bonds is 6. The summed E-state index contributed by atoms with van der Waals surface area (Å²) in [6.45, 7) is 1.54. The van der Waals surface area contributed by atoms with Crippen molar-refractivity contribution >= 4 is 11.6 Å². The molecule has 0 aliphatic carbocycles. The molecule has 0 aliphatic heterocycles. The van der Waals surface area contributed by atoms with E-state index in [1.54, 1.807) is 6.07 Å². The fourth-order valence-electron chi connectivity index (χ4n) is 1.51. The van der Waals surface area contributed by atoms with E-state index in [0.717, 1.165) is 13.0 Å². The van der Waals surface area contributed by atoms with E-state index in [0.29, 0.717) is 12.1 Å². The van der Waals surface area contributed by atoms with Crippen molar-refractivity contribution in [2.24, 2.45) is 0 Å². The fourth-order valence-corrected chi connectivity index (χ4v) is 1.51. The molecule has 0 unspecified atom stereocenters. The third-order valence-corrected chi connectivity index (χ3v) is 2.46. The number of non-ortho nitro benzene ring substituents is 1. The van der Waals surface area contributed by atoms with Crippen LogP contribution in [0.1, 0.15) is 16.8 Å². The minimum absolute atomic E-state index is 0.0691. The average molecular weight is 252 g/mol. The Morgan fingerprint density at radius 3 is 2.78 bits per heavy atom. The number of nitrogens with one attached hydrogen (secondary N) is 2. The molecule has 0 saturated carbocycles. The second-order valence-electron chi connectivity index (χ2n) is 4.37. The number of nitrogens with zero attached hydrogens (tertiary/aromatic N) is 1. The first kappa shape index (κ1) is 14.1. The van der Waals surface area contributed by atoms with Gasteiger partial charge in [-0.3, -0.25) is 14.9 Å². The van der Waals surface area contributed by atoms with Crippen molar-refractivity contribution in [2.45, 2.75) is 6.42 Å². The second kappa shape index (κ2) is 6.70. The van der Waals surface area contributed by atoms with Crippen molar-refractivity contribution in [3.8, 4) is 0 Å². The Bertz CT molecular complexity index is 432. The van der Waals surface area contributed by atoms with Crippen LogP contribution in [-0.4, -0.2) is 38.0 Å².